The molecule has 2 fully saturated rings. The summed E-state index contributed by atoms with van der Waals surface area (Å²) < 4.78 is 19.8. The zero-order valence-electron chi connectivity index (χ0n) is 17.0. The summed E-state index contributed by atoms with van der Waals surface area (Å²) in [6.07, 6.45) is 4.07. The third kappa shape index (κ3) is 5.38. The van der Waals surface area contributed by atoms with Gasteiger partial charge in [0.25, 0.3) is 5.91 Å². The average molecular weight is 410 g/mol. The van der Waals surface area contributed by atoms with Crippen molar-refractivity contribution in [2.24, 2.45) is 5.92 Å². The van der Waals surface area contributed by atoms with Gasteiger partial charge in [-0.3, -0.25) is 9.59 Å². The minimum atomic E-state index is -0.339. The third-order valence-corrected chi connectivity index (χ3v) is 5.67. The zero-order valence-corrected chi connectivity index (χ0v) is 17.0. The molecule has 1 heterocycles. The predicted molar refractivity (Wildman–Crippen MR) is 112 cm³/mol. The van der Waals surface area contributed by atoms with Gasteiger partial charge in [-0.05, 0) is 55.5 Å². The molecule has 2 amide bonds. The highest BCUT2D eigenvalue weighted by molar-refractivity contribution is 5.94. The Hall–Kier alpha value is -2.89. The number of hydrogen-bond donors (Lipinski definition) is 1. The first kappa shape index (κ1) is 20.4. The average Bonchev–Trinajstić information content (AvgIpc) is 3.58. The number of amides is 2. The lowest BCUT2D eigenvalue weighted by atomic mass is 9.98. The fourth-order valence-electron chi connectivity index (χ4n) is 3.78. The number of piperidine rings is 1. The van der Waals surface area contributed by atoms with Gasteiger partial charge in [0.15, 0.2) is 0 Å². The number of ether oxygens (including phenoxy) is 1. The lowest BCUT2D eigenvalue weighted by Crippen LogP contribution is -2.42. The number of carbonyl (C=O) groups excluding carboxylic acids is 2. The lowest BCUT2D eigenvalue weighted by Gasteiger charge is -2.32. The van der Waals surface area contributed by atoms with Gasteiger partial charge in [-0.15, -0.1) is 0 Å². The van der Waals surface area contributed by atoms with Gasteiger partial charge in [0.1, 0.15) is 11.6 Å². The maximum absolute atomic E-state index is 13.8. The largest absolute Gasteiger partial charge is 0.493 e. The van der Waals surface area contributed by atoms with Crippen LogP contribution in [0.15, 0.2) is 48.5 Å². The maximum Gasteiger partial charge on any atom is 0.251 e. The second-order valence-corrected chi connectivity index (χ2v) is 8.20. The van der Waals surface area contributed by atoms with Gasteiger partial charge in [-0.1, -0.05) is 24.3 Å². The van der Waals surface area contributed by atoms with Crippen LogP contribution in [0, 0.1) is 11.7 Å². The second kappa shape index (κ2) is 9.28. The predicted octanol–water partition coefficient (Wildman–Crippen LogP) is 3.58. The van der Waals surface area contributed by atoms with Gasteiger partial charge in [0.05, 0.1) is 13.0 Å². The summed E-state index contributed by atoms with van der Waals surface area (Å²) in [5.74, 6) is 0.419. The van der Waals surface area contributed by atoms with Crippen LogP contribution in [0.3, 0.4) is 0 Å². The van der Waals surface area contributed by atoms with Crippen molar-refractivity contribution in [2.75, 3.05) is 19.7 Å². The molecule has 158 valence electrons. The molecule has 4 rings (SSSR count). The Kier molecular flexibility index (Phi) is 6.31. The molecule has 1 saturated carbocycles. The van der Waals surface area contributed by atoms with Gasteiger partial charge in [0.2, 0.25) is 5.91 Å². The van der Waals surface area contributed by atoms with E-state index in [-0.39, 0.29) is 30.0 Å². The number of carbonyl (C=O) groups is 2. The number of nitrogens with zero attached hydrogens (tertiary/aromatic N) is 1. The van der Waals surface area contributed by atoms with Crippen molar-refractivity contribution in [3.8, 4) is 5.75 Å². The Balaban J connectivity index is 1.29. The van der Waals surface area contributed by atoms with Crippen molar-refractivity contribution in [1.29, 1.82) is 0 Å². The summed E-state index contributed by atoms with van der Waals surface area (Å²) in [5, 5.41) is 2.98. The van der Waals surface area contributed by atoms with Crippen LogP contribution in [-0.4, -0.2) is 42.5 Å². The first-order chi connectivity index (χ1) is 14.6. The summed E-state index contributed by atoms with van der Waals surface area (Å²) in [4.78, 5) is 26.6. The Labute approximate surface area is 176 Å². The zero-order chi connectivity index (χ0) is 20.9. The number of halogens is 1. The van der Waals surface area contributed by atoms with E-state index in [1.807, 2.05) is 17.0 Å². The Morgan fingerprint density at radius 2 is 1.93 bits per heavy atom. The molecule has 1 saturated heterocycles. The molecule has 0 bridgehead atoms. The van der Waals surface area contributed by atoms with E-state index in [2.05, 4.69) is 5.32 Å². The summed E-state index contributed by atoms with van der Waals surface area (Å²) in [6, 6.07) is 14.0. The molecule has 1 aliphatic heterocycles. The van der Waals surface area contributed by atoms with Crippen molar-refractivity contribution in [2.45, 2.75) is 38.1 Å². The Morgan fingerprint density at radius 3 is 2.73 bits per heavy atom. The van der Waals surface area contributed by atoms with E-state index in [1.54, 1.807) is 30.3 Å². The van der Waals surface area contributed by atoms with E-state index in [9.17, 15) is 14.0 Å². The number of nitrogens with one attached hydrogen (secondary N) is 1. The van der Waals surface area contributed by atoms with Crippen LogP contribution in [0.1, 0.15) is 41.6 Å². The van der Waals surface area contributed by atoms with Crippen LogP contribution in [0.2, 0.25) is 0 Å². The van der Waals surface area contributed by atoms with Gasteiger partial charge in [-0.2, -0.15) is 0 Å². The number of likely N-dealkylation sites (tertiary alicyclic amines) is 1. The molecule has 0 spiro atoms. The first-order valence-corrected chi connectivity index (χ1v) is 10.6. The van der Waals surface area contributed by atoms with Gasteiger partial charge in [-0.25, -0.2) is 4.39 Å². The van der Waals surface area contributed by atoms with Crippen molar-refractivity contribution < 1.29 is 18.7 Å². The van der Waals surface area contributed by atoms with Crippen molar-refractivity contribution in [3.05, 3.63) is 65.5 Å². The van der Waals surface area contributed by atoms with Gasteiger partial charge >= 0.3 is 0 Å². The number of hydrogen-bond acceptors (Lipinski definition) is 3. The van der Waals surface area contributed by atoms with Crippen LogP contribution in [0.4, 0.5) is 4.39 Å². The smallest absolute Gasteiger partial charge is 0.251 e. The highest BCUT2D eigenvalue weighted by Crippen LogP contribution is 2.22. The van der Waals surface area contributed by atoms with E-state index in [4.69, 9.17) is 4.74 Å². The van der Waals surface area contributed by atoms with Crippen LogP contribution in [0.25, 0.3) is 0 Å². The molecule has 2 aromatic carbocycles. The van der Waals surface area contributed by atoms with Crippen LogP contribution >= 0.6 is 0 Å². The Bertz CT molecular complexity index is 913. The molecule has 6 heteroatoms. The van der Waals surface area contributed by atoms with E-state index >= 15 is 0 Å². The standard InChI is InChI=1S/C24H27FN2O3/c25-22-9-2-1-6-18(22)14-23(28)27-12-4-5-17(15-27)16-30-21-8-3-7-19(13-21)24(29)26-20-10-11-20/h1-3,6-9,13,17,20H,4-5,10-12,14-16H2,(H,26,29)/t17-/m0/s1. The van der Waals surface area contributed by atoms with Gasteiger partial charge in [0, 0.05) is 30.6 Å². The fraction of sp³-hybridized carbons (Fsp3) is 0.417. The SMILES string of the molecule is O=C(NC1CC1)c1cccc(OC[C@H]2CCCN(C(=O)Cc3ccccc3F)C2)c1. The van der Waals surface area contributed by atoms with Gasteiger partial charge < -0.3 is 15.0 Å². The first-order valence-electron chi connectivity index (χ1n) is 10.6. The normalized spacial score (nSPS) is 18.7. The highest BCUT2D eigenvalue weighted by Gasteiger charge is 2.25. The summed E-state index contributed by atoms with van der Waals surface area (Å²) in [6.45, 7) is 1.78. The maximum atomic E-state index is 13.8. The molecule has 1 atom stereocenters. The number of rotatable bonds is 7. The lowest BCUT2D eigenvalue weighted by molar-refractivity contribution is -0.132. The van der Waals surface area contributed by atoms with E-state index in [1.165, 1.54) is 6.07 Å². The van der Waals surface area contributed by atoms with Crippen LogP contribution in [-0.2, 0) is 11.2 Å². The second-order valence-electron chi connectivity index (χ2n) is 8.20. The van der Waals surface area contributed by atoms with Crippen molar-refractivity contribution in [3.63, 3.8) is 0 Å². The molecule has 5 nitrogen and oxygen atoms in total. The quantitative estimate of drug-likeness (QED) is 0.759. The monoisotopic (exact) mass is 410 g/mol. The highest BCUT2D eigenvalue weighted by atomic mass is 19.1. The van der Waals surface area contributed by atoms with Crippen molar-refractivity contribution in [1.82, 2.24) is 10.2 Å². The van der Waals surface area contributed by atoms with E-state index < -0.39 is 0 Å². The van der Waals surface area contributed by atoms with Crippen molar-refractivity contribution >= 4 is 11.8 Å². The van der Waals surface area contributed by atoms with E-state index in [0.29, 0.717) is 42.6 Å². The molecule has 2 aromatic rings. The number of benzene rings is 2. The molecule has 0 unspecified atom stereocenters. The van der Waals surface area contributed by atoms with Crippen LogP contribution < -0.4 is 10.1 Å². The topological polar surface area (TPSA) is 58.6 Å². The molecular weight excluding hydrogens is 383 g/mol. The summed E-state index contributed by atoms with van der Waals surface area (Å²) >= 11 is 0. The Morgan fingerprint density at radius 1 is 1.10 bits per heavy atom. The van der Waals surface area contributed by atoms with Crippen LogP contribution in [0.5, 0.6) is 5.75 Å². The molecule has 1 N–H and O–H groups in total. The fourth-order valence-corrected chi connectivity index (χ4v) is 3.78. The molecular formula is C24H27FN2O3. The minimum Gasteiger partial charge on any atom is -0.493 e. The molecule has 0 aromatic heterocycles. The van der Waals surface area contributed by atoms with E-state index in [0.717, 1.165) is 25.7 Å². The molecule has 0 radical (unpaired) electrons. The summed E-state index contributed by atoms with van der Waals surface area (Å²) in [7, 11) is 0. The minimum absolute atomic E-state index is 0.0523. The molecule has 2 aliphatic rings. The molecule has 1 aliphatic carbocycles. The summed E-state index contributed by atoms with van der Waals surface area (Å²) in [5.41, 5.74) is 1.03. The third-order valence-electron chi connectivity index (χ3n) is 5.67. The molecule has 30 heavy (non-hydrogen) atoms.